The smallest absolute Gasteiger partial charge is 0.0270 e. The summed E-state index contributed by atoms with van der Waals surface area (Å²) < 4.78 is 0. The zero-order chi connectivity index (χ0) is 12.8. The summed E-state index contributed by atoms with van der Waals surface area (Å²) in [5, 5.41) is 0. The number of hydrogen-bond acceptors (Lipinski definition) is 0. The minimum absolute atomic E-state index is 0. The predicted octanol–water partition coefficient (Wildman–Crippen LogP) is 4.95. The average Bonchev–Trinajstić information content (AvgIpc) is 2.96. The quantitative estimate of drug-likeness (QED) is 0.610. The Morgan fingerprint density at radius 1 is 0.947 bits per heavy atom. The van der Waals surface area contributed by atoms with E-state index in [1.165, 1.54) is 42.7 Å². The van der Waals surface area contributed by atoms with Gasteiger partial charge in [0, 0.05) is 31.8 Å². The predicted molar refractivity (Wildman–Crippen MR) is 78.5 cm³/mol. The molecule has 1 aromatic rings. The Hall–Kier alpha value is -0.170. The maximum absolute atomic E-state index is 2.48. The molecule has 0 spiro atoms. The molecule has 1 aromatic carbocycles. The van der Waals surface area contributed by atoms with Crippen molar-refractivity contribution in [3.8, 4) is 0 Å². The van der Waals surface area contributed by atoms with Crippen LogP contribution in [0.15, 0.2) is 18.2 Å². The Kier molecular flexibility index (Phi) is 4.55. The van der Waals surface area contributed by atoms with E-state index in [1.807, 2.05) is 0 Å². The van der Waals surface area contributed by atoms with Gasteiger partial charge < -0.3 is 0 Å². The molecule has 0 fully saturated rings. The Morgan fingerprint density at radius 3 is 2.16 bits per heavy atom. The second kappa shape index (κ2) is 5.68. The van der Waals surface area contributed by atoms with E-state index in [-0.39, 0.29) is 25.8 Å². The van der Waals surface area contributed by atoms with Crippen LogP contribution in [-0.2, 0) is 38.7 Å². The molecular weight excluding hydrogens is 395 g/mol. The van der Waals surface area contributed by atoms with Gasteiger partial charge in [0.2, 0.25) is 0 Å². The Bertz CT molecular complexity index is 495. The standard InChI is InChI=1S/C18H23.Hf/c1-4-13-7-8-14-9-15-11-18(5-2,6-3)12-16(15)10-17(13)14;/h7-10H,4-6,11-12H2,1-3H3;. The second-order valence-corrected chi connectivity index (χ2v) is 5.98. The summed E-state index contributed by atoms with van der Waals surface area (Å²) >= 11 is 0. The van der Waals surface area contributed by atoms with E-state index in [9.17, 15) is 0 Å². The monoisotopic (exact) mass is 419 g/mol. The number of fused-ring (bicyclic) bond motifs is 2. The molecule has 0 saturated heterocycles. The van der Waals surface area contributed by atoms with Crippen LogP contribution >= 0.6 is 0 Å². The van der Waals surface area contributed by atoms with Crippen molar-refractivity contribution in [2.45, 2.75) is 52.9 Å². The van der Waals surface area contributed by atoms with Crippen LogP contribution in [0.3, 0.4) is 0 Å². The molecule has 0 amide bonds. The Labute approximate surface area is 136 Å². The SMILES string of the molecule is CC[C]1C=Cc2cc3c(cc21)CC(CC)(CC)C3.[Hf]. The number of rotatable bonds is 3. The Balaban J connectivity index is 0.00000133. The molecule has 0 nitrogen and oxygen atoms in total. The first kappa shape index (κ1) is 15.2. The van der Waals surface area contributed by atoms with Crippen LogP contribution in [0.2, 0.25) is 0 Å². The van der Waals surface area contributed by atoms with Gasteiger partial charge in [-0.2, -0.15) is 0 Å². The van der Waals surface area contributed by atoms with Crippen molar-refractivity contribution in [1.29, 1.82) is 0 Å². The molecule has 2 aliphatic rings. The molecule has 0 atom stereocenters. The molecule has 0 aromatic heterocycles. The van der Waals surface area contributed by atoms with E-state index in [1.54, 1.807) is 11.1 Å². The summed E-state index contributed by atoms with van der Waals surface area (Å²) in [6.07, 6.45) is 10.9. The van der Waals surface area contributed by atoms with Gasteiger partial charge in [0.15, 0.2) is 0 Å². The van der Waals surface area contributed by atoms with Crippen molar-refractivity contribution in [2.75, 3.05) is 0 Å². The first-order valence-corrected chi connectivity index (χ1v) is 7.41. The van der Waals surface area contributed by atoms with Gasteiger partial charge in [-0.1, -0.05) is 45.1 Å². The summed E-state index contributed by atoms with van der Waals surface area (Å²) in [5.41, 5.74) is 6.73. The molecular formula is C18H23Hf. The summed E-state index contributed by atoms with van der Waals surface area (Å²) in [6, 6.07) is 4.94. The van der Waals surface area contributed by atoms with E-state index in [2.05, 4.69) is 45.1 Å². The zero-order valence-electron chi connectivity index (χ0n) is 12.3. The largest absolute Gasteiger partial charge is 0.0721 e. The third-order valence-electron chi connectivity index (χ3n) is 5.19. The third kappa shape index (κ3) is 2.44. The van der Waals surface area contributed by atoms with E-state index in [0.717, 1.165) is 6.42 Å². The molecule has 2 aliphatic carbocycles. The van der Waals surface area contributed by atoms with Gasteiger partial charge in [0.25, 0.3) is 0 Å². The Morgan fingerprint density at radius 2 is 1.58 bits per heavy atom. The van der Waals surface area contributed by atoms with Crippen LogP contribution in [0.25, 0.3) is 6.08 Å². The second-order valence-electron chi connectivity index (χ2n) is 5.98. The first-order valence-electron chi connectivity index (χ1n) is 7.41. The van der Waals surface area contributed by atoms with Gasteiger partial charge in [0.1, 0.15) is 0 Å². The van der Waals surface area contributed by atoms with Crippen LogP contribution in [0, 0.1) is 11.3 Å². The van der Waals surface area contributed by atoms with E-state index < -0.39 is 0 Å². The summed E-state index contributed by atoms with van der Waals surface area (Å²) in [5.74, 6) is 1.51. The fourth-order valence-corrected chi connectivity index (χ4v) is 3.66. The van der Waals surface area contributed by atoms with Gasteiger partial charge in [-0.15, -0.1) is 0 Å². The van der Waals surface area contributed by atoms with Gasteiger partial charge >= 0.3 is 0 Å². The third-order valence-corrected chi connectivity index (χ3v) is 5.19. The van der Waals surface area contributed by atoms with E-state index in [0.29, 0.717) is 5.41 Å². The van der Waals surface area contributed by atoms with E-state index >= 15 is 0 Å². The van der Waals surface area contributed by atoms with Gasteiger partial charge in [-0.05, 0) is 59.8 Å². The van der Waals surface area contributed by atoms with Crippen LogP contribution in [0.1, 0.15) is 62.3 Å². The zero-order valence-corrected chi connectivity index (χ0v) is 15.9. The molecule has 0 bridgehead atoms. The van der Waals surface area contributed by atoms with Gasteiger partial charge in [-0.3, -0.25) is 0 Å². The molecule has 1 heteroatoms. The average molecular weight is 418 g/mol. The summed E-state index contributed by atoms with van der Waals surface area (Å²) in [7, 11) is 0. The summed E-state index contributed by atoms with van der Waals surface area (Å²) in [4.78, 5) is 0. The van der Waals surface area contributed by atoms with Gasteiger partial charge in [0.05, 0.1) is 0 Å². The molecule has 0 saturated carbocycles. The molecule has 1 radical (unpaired) electrons. The maximum Gasteiger partial charge on any atom is 0.0270 e. The molecule has 0 unspecified atom stereocenters. The number of hydrogen-bond donors (Lipinski definition) is 0. The maximum atomic E-state index is 2.48. The molecule has 3 rings (SSSR count). The first-order chi connectivity index (χ1) is 8.71. The number of benzene rings is 1. The van der Waals surface area contributed by atoms with Crippen molar-refractivity contribution in [3.63, 3.8) is 0 Å². The normalized spacial score (nSPS) is 19.1. The molecule has 0 N–H and O–H groups in total. The molecule has 99 valence electrons. The molecule has 19 heavy (non-hydrogen) atoms. The molecule has 0 aliphatic heterocycles. The van der Waals surface area contributed by atoms with Crippen LogP contribution in [0.4, 0.5) is 0 Å². The minimum atomic E-state index is 0. The molecule has 0 heterocycles. The van der Waals surface area contributed by atoms with Crippen molar-refractivity contribution >= 4 is 6.08 Å². The van der Waals surface area contributed by atoms with Crippen molar-refractivity contribution in [2.24, 2.45) is 5.41 Å². The topological polar surface area (TPSA) is 0 Å². The minimum Gasteiger partial charge on any atom is -0.0721 e. The van der Waals surface area contributed by atoms with E-state index in [4.69, 9.17) is 0 Å². The van der Waals surface area contributed by atoms with Crippen LogP contribution in [-0.4, -0.2) is 0 Å². The summed E-state index contributed by atoms with van der Waals surface area (Å²) in [6.45, 7) is 6.96. The van der Waals surface area contributed by atoms with Crippen molar-refractivity contribution in [3.05, 3.63) is 46.4 Å². The fraction of sp³-hybridized carbons (Fsp3) is 0.500. The van der Waals surface area contributed by atoms with Crippen molar-refractivity contribution in [1.82, 2.24) is 0 Å². The van der Waals surface area contributed by atoms with Crippen LogP contribution in [0.5, 0.6) is 0 Å². The van der Waals surface area contributed by atoms with Gasteiger partial charge in [-0.25, -0.2) is 0 Å². The van der Waals surface area contributed by atoms with Crippen LogP contribution < -0.4 is 0 Å². The van der Waals surface area contributed by atoms with Crippen molar-refractivity contribution < 1.29 is 25.8 Å². The number of allylic oxidation sites excluding steroid dienone is 1. The fourth-order valence-electron chi connectivity index (χ4n) is 3.66.